The van der Waals surface area contributed by atoms with E-state index in [2.05, 4.69) is 4.98 Å². The number of hydrogen-bond acceptors (Lipinski definition) is 6. The van der Waals surface area contributed by atoms with E-state index in [1.807, 2.05) is 73.7 Å². The summed E-state index contributed by atoms with van der Waals surface area (Å²) >= 11 is 0. The van der Waals surface area contributed by atoms with Crippen LogP contribution in [0.5, 0.6) is 5.75 Å². The molecule has 4 rings (SSSR count). The Kier molecular flexibility index (Phi) is 8.52. The molecule has 4 aromatic rings. The second-order valence-electron chi connectivity index (χ2n) is 8.78. The third-order valence-electron chi connectivity index (χ3n) is 6.17. The summed E-state index contributed by atoms with van der Waals surface area (Å²) in [6.45, 7) is 5.94. The first kappa shape index (κ1) is 25.9. The van der Waals surface area contributed by atoms with Crippen LogP contribution in [0.4, 0.5) is 0 Å². The third-order valence-corrected chi connectivity index (χ3v) is 6.17. The van der Waals surface area contributed by atoms with E-state index in [9.17, 15) is 9.59 Å². The van der Waals surface area contributed by atoms with Gasteiger partial charge in [-0.1, -0.05) is 54.6 Å². The molecule has 0 fully saturated rings. The molecule has 0 aliphatic heterocycles. The first-order valence-electron chi connectivity index (χ1n) is 12.5. The van der Waals surface area contributed by atoms with Crippen molar-refractivity contribution in [3.8, 4) is 17.2 Å². The van der Waals surface area contributed by atoms with Crippen LogP contribution in [0.1, 0.15) is 52.7 Å². The van der Waals surface area contributed by atoms with Gasteiger partial charge in [0.15, 0.2) is 5.78 Å². The Morgan fingerprint density at radius 1 is 0.946 bits per heavy atom. The van der Waals surface area contributed by atoms with Crippen LogP contribution in [0.3, 0.4) is 0 Å². The van der Waals surface area contributed by atoms with Crippen molar-refractivity contribution in [1.29, 1.82) is 0 Å². The van der Waals surface area contributed by atoms with E-state index < -0.39 is 5.92 Å². The fourth-order valence-electron chi connectivity index (χ4n) is 4.27. The summed E-state index contributed by atoms with van der Waals surface area (Å²) in [7, 11) is 0. The molecule has 0 aliphatic carbocycles. The summed E-state index contributed by atoms with van der Waals surface area (Å²) in [5.74, 6) is 1.14. The first-order valence-corrected chi connectivity index (χ1v) is 12.5. The summed E-state index contributed by atoms with van der Waals surface area (Å²) in [5, 5.41) is 0. The fourth-order valence-corrected chi connectivity index (χ4v) is 4.27. The number of rotatable bonds is 11. The van der Waals surface area contributed by atoms with Gasteiger partial charge in [-0.05, 0) is 62.6 Å². The molecule has 1 unspecified atom stereocenters. The number of nitrogens with zero attached hydrogens (tertiary/aromatic N) is 1. The minimum atomic E-state index is -0.569. The van der Waals surface area contributed by atoms with Crippen LogP contribution < -0.4 is 4.74 Å². The Morgan fingerprint density at radius 3 is 2.35 bits per heavy atom. The molecule has 0 spiro atoms. The van der Waals surface area contributed by atoms with Crippen molar-refractivity contribution in [2.24, 2.45) is 0 Å². The lowest BCUT2D eigenvalue weighted by Gasteiger charge is -2.19. The average Bonchev–Trinajstić information content (AvgIpc) is 3.29. The molecule has 0 bridgehead atoms. The molecule has 0 radical (unpaired) electrons. The molecular weight excluding hydrogens is 466 g/mol. The number of oxazole rings is 1. The topological polar surface area (TPSA) is 78.6 Å². The van der Waals surface area contributed by atoms with Crippen LogP contribution >= 0.6 is 0 Å². The van der Waals surface area contributed by atoms with Crippen LogP contribution in [-0.4, -0.2) is 30.0 Å². The normalized spacial score (nSPS) is 11.6. The molecule has 6 nitrogen and oxygen atoms in total. The molecule has 6 heteroatoms. The van der Waals surface area contributed by atoms with Gasteiger partial charge in [-0.3, -0.25) is 9.59 Å². The Labute approximate surface area is 217 Å². The van der Waals surface area contributed by atoms with Crippen LogP contribution in [-0.2, 0) is 22.4 Å². The van der Waals surface area contributed by atoms with Crippen molar-refractivity contribution >= 4 is 11.8 Å². The van der Waals surface area contributed by atoms with Gasteiger partial charge in [-0.25, -0.2) is 4.98 Å². The quantitative estimate of drug-likeness (QED) is 0.177. The van der Waals surface area contributed by atoms with E-state index in [-0.39, 0.29) is 18.4 Å². The molecular formula is C31H31NO5. The second-order valence-corrected chi connectivity index (χ2v) is 8.78. The highest BCUT2D eigenvalue weighted by Gasteiger charge is 2.26. The van der Waals surface area contributed by atoms with Crippen molar-refractivity contribution in [2.75, 3.05) is 13.2 Å². The molecule has 0 N–H and O–H groups in total. The van der Waals surface area contributed by atoms with Gasteiger partial charge >= 0.3 is 5.97 Å². The highest BCUT2D eigenvalue weighted by molar-refractivity contribution is 5.97. The predicted molar refractivity (Wildman–Crippen MR) is 142 cm³/mol. The number of esters is 1. The van der Waals surface area contributed by atoms with Crippen molar-refractivity contribution in [1.82, 2.24) is 4.98 Å². The average molecular weight is 498 g/mol. The van der Waals surface area contributed by atoms with Gasteiger partial charge in [0.1, 0.15) is 11.5 Å². The lowest BCUT2D eigenvalue weighted by molar-refractivity contribution is -0.144. The van der Waals surface area contributed by atoms with E-state index in [1.165, 1.54) is 6.92 Å². The molecule has 3 aromatic carbocycles. The zero-order valence-electron chi connectivity index (χ0n) is 21.4. The molecule has 0 saturated heterocycles. The number of ether oxygens (including phenoxy) is 2. The molecule has 1 atom stereocenters. The zero-order chi connectivity index (χ0) is 26.2. The summed E-state index contributed by atoms with van der Waals surface area (Å²) in [4.78, 5) is 29.6. The Hall–Kier alpha value is -4.19. The van der Waals surface area contributed by atoms with Gasteiger partial charge in [0, 0.05) is 17.5 Å². The molecule has 0 saturated carbocycles. The highest BCUT2D eigenvalue weighted by Crippen LogP contribution is 2.27. The van der Waals surface area contributed by atoms with Crippen molar-refractivity contribution in [2.45, 2.75) is 39.5 Å². The maximum Gasteiger partial charge on any atom is 0.313 e. The summed E-state index contributed by atoms with van der Waals surface area (Å²) in [5.41, 5.74) is 3.99. The number of aromatic nitrogens is 1. The largest absolute Gasteiger partial charge is 0.493 e. The maximum absolute atomic E-state index is 12.8. The number of benzene rings is 3. The van der Waals surface area contributed by atoms with Gasteiger partial charge in [0.05, 0.1) is 24.8 Å². The van der Waals surface area contributed by atoms with Crippen LogP contribution in [0, 0.1) is 6.92 Å². The highest BCUT2D eigenvalue weighted by atomic mass is 16.5. The van der Waals surface area contributed by atoms with Crippen molar-refractivity contribution in [3.63, 3.8) is 0 Å². The van der Waals surface area contributed by atoms with E-state index in [0.717, 1.165) is 28.3 Å². The van der Waals surface area contributed by atoms with Gasteiger partial charge in [0.2, 0.25) is 5.89 Å². The van der Waals surface area contributed by atoms with Crippen LogP contribution in [0.2, 0.25) is 0 Å². The third kappa shape index (κ3) is 6.53. The number of carbonyl (C=O) groups is 2. The van der Waals surface area contributed by atoms with Gasteiger partial charge < -0.3 is 13.9 Å². The number of Topliss-reactive ketones (excluding diaryl/α,β-unsaturated/α-hetero) is 1. The van der Waals surface area contributed by atoms with E-state index in [1.54, 1.807) is 19.1 Å². The van der Waals surface area contributed by atoms with Crippen molar-refractivity contribution in [3.05, 3.63) is 107 Å². The smallest absolute Gasteiger partial charge is 0.313 e. The fraction of sp³-hybridized carbons (Fsp3) is 0.258. The number of aryl methyl sites for hydroxylation is 1. The Morgan fingerprint density at radius 2 is 1.65 bits per heavy atom. The zero-order valence-corrected chi connectivity index (χ0v) is 21.4. The Bertz CT molecular complexity index is 1340. The molecule has 0 aliphatic rings. The van der Waals surface area contributed by atoms with Gasteiger partial charge in [0.25, 0.3) is 0 Å². The second kappa shape index (κ2) is 12.2. The minimum absolute atomic E-state index is 0.0770. The molecule has 1 aromatic heterocycles. The molecule has 1 heterocycles. The van der Waals surface area contributed by atoms with Crippen LogP contribution in [0.15, 0.2) is 83.3 Å². The summed E-state index contributed by atoms with van der Waals surface area (Å²) in [6, 6.07) is 24.7. The van der Waals surface area contributed by atoms with Gasteiger partial charge in [-0.2, -0.15) is 0 Å². The number of carbonyl (C=O) groups excluding carboxylic acids is 2. The van der Waals surface area contributed by atoms with Crippen LogP contribution in [0.25, 0.3) is 11.5 Å². The monoisotopic (exact) mass is 497 g/mol. The SMILES string of the molecule is CCOC(=O)C(Cc1ccc(OCCc2nc(-c3ccccc3)oc2C)cc1)c1ccccc1C(C)=O. The molecule has 190 valence electrons. The van der Waals surface area contributed by atoms with E-state index in [0.29, 0.717) is 36.5 Å². The number of hydrogen-bond donors (Lipinski definition) is 0. The van der Waals surface area contributed by atoms with E-state index in [4.69, 9.17) is 13.9 Å². The van der Waals surface area contributed by atoms with E-state index >= 15 is 0 Å². The molecule has 0 amide bonds. The standard InChI is InChI=1S/C31H31NO5/c1-4-35-31(34)28(27-13-9-8-12-26(27)21(2)33)20-23-14-16-25(17-15-23)36-19-18-29-22(3)37-30(32-29)24-10-6-5-7-11-24/h5-17,28H,4,18-20H2,1-3H3. The Balaban J connectivity index is 1.40. The maximum atomic E-state index is 12.8. The summed E-state index contributed by atoms with van der Waals surface area (Å²) in [6.07, 6.45) is 1.04. The first-order chi connectivity index (χ1) is 18.0. The number of ketones is 1. The lowest BCUT2D eigenvalue weighted by atomic mass is 9.87. The predicted octanol–water partition coefficient (Wildman–Crippen LogP) is 6.36. The van der Waals surface area contributed by atoms with Gasteiger partial charge in [-0.15, -0.1) is 0 Å². The minimum Gasteiger partial charge on any atom is -0.493 e. The molecule has 37 heavy (non-hydrogen) atoms. The lowest BCUT2D eigenvalue weighted by Crippen LogP contribution is -2.20. The summed E-state index contributed by atoms with van der Waals surface area (Å²) < 4.78 is 17.1. The van der Waals surface area contributed by atoms with Crippen molar-refractivity contribution < 1.29 is 23.5 Å².